The molecule has 0 radical (unpaired) electrons. The Kier molecular flexibility index (Phi) is 3.15. The molecule has 0 saturated heterocycles. The molecule has 0 fully saturated rings. The number of thioether (sulfide) groups is 1. The Labute approximate surface area is 106 Å². The normalized spacial score (nSPS) is 16.2. The van der Waals surface area contributed by atoms with Gasteiger partial charge >= 0.3 is 0 Å². The lowest BCUT2D eigenvalue weighted by molar-refractivity contribution is -0.112. The van der Waals surface area contributed by atoms with Gasteiger partial charge in [-0.25, -0.2) is 0 Å². The highest BCUT2D eigenvalue weighted by molar-refractivity contribution is 8.03. The number of ketones is 1. The van der Waals surface area contributed by atoms with Gasteiger partial charge < -0.3 is 9.80 Å². The van der Waals surface area contributed by atoms with Crippen molar-refractivity contribution in [2.75, 3.05) is 30.9 Å². The number of fused-ring (bicyclic) bond motifs is 1. The zero-order valence-corrected chi connectivity index (χ0v) is 11.3. The van der Waals surface area contributed by atoms with E-state index in [1.165, 1.54) is 10.6 Å². The van der Waals surface area contributed by atoms with Gasteiger partial charge in [-0.3, -0.25) is 4.79 Å². The molecule has 0 aromatic heterocycles. The highest BCUT2D eigenvalue weighted by atomic mass is 32.2. The van der Waals surface area contributed by atoms with E-state index in [0.717, 1.165) is 10.7 Å². The lowest BCUT2D eigenvalue weighted by Gasteiger charge is -2.17. The molecule has 4 heteroatoms. The molecule has 3 nitrogen and oxygen atoms in total. The Morgan fingerprint density at radius 3 is 2.71 bits per heavy atom. The number of nitrogens with zero attached hydrogens (tertiary/aromatic N) is 2. The summed E-state index contributed by atoms with van der Waals surface area (Å²) in [6.07, 6.45) is 1.68. The standard InChI is InChI=1S/C13H16N2OS/c1-9(16)7-13-15(4)11-8-10(14(2)3)5-6-12(11)17-13/h5-8H,1-4H3. The van der Waals surface area contributed by atoms with Crippen molar-refractivity contribution in [3.63, 3.8) is 0 Å². The quantitative estimate of drug-likeness (QED) is 0.751. The molecule has 17 heavy (non-hydrogen) atoms. The summed E-state index contributed by atoms with van der Waals surface area (Å²) in [7, 11) is 6.04. The van der Waals surface area contributed by atoms with E-state index in [0.29, 0.717) is 0 Å². The van der Waals surface area contributed by atoms with E-state index in [1.807, 2.05) is 21.1 Å². The number of carbonyl (C=O) groups excluding carboxylic acids is 1. The molecule has 1 aromatic carbocycles. The number of anilines is 2. The molecule has 0 unspecified atom stereocenters. The van der Waals surface area contributed by atoms with Crippen molar-refractivity contribution in [2.24, 2.45) is 0 Å². The first-order valence-corrected chi connectivity index (χ1v) is 6.26. The summed E-state index contributed by atoms with van der Waals surface area (Å²) in [6, 6.07) is 6.34. The third-order valence-electron chi connectivity index (χ3n) is 2.69. The first-order valence-electron chi connectivity index (χ1n) is 5.44. The minimum atomic E-state index is 0.0833. The summed E-state index contributed by atoms with van der Waals surface area (Å²) in [6.45, 7) is 1.58. The second-order valence-corrected chi connectivity index (χ2v) is 5.36. The molecule has 0 aliphatic carbocycles. The maximum absolute atomic E-state index is 11.1. The van der Waals surface area contributed by atoms with Crippen LogP contribution in [0.1, 0.15) is 6.92 Å². The third kappa shape index (κ3) is 2.31. The highest BCUT2D eigenvalue weighted by Crippen LogP contribution is 2.46. The summed E-state index contributed by atoms with van der Waals surface area (Å²) in [5.74, 6) is 0.0833. The van der Waals surface area contributed by atoms with Gasteiger partial charge in [0, 0.05) is 37.8 Å². The zero-order valence-electron chi connectivity index (χ0n) is 10.5. The molecule has 0 bridgehead atoms. The van der Waals surface area contributed by atoms with Crippen molar-refractivity contribution in [1.82, 2.24) is 0 Å². The van der Waals surface area contributed by atoms with Gasteiger partial charge in [0.15, 0.2) is 5.78 Å². The molecule has 1 aromatic rings. The number of rotatable bonds is 2. The van der Waals surface area contributed by atoms with Crippen LogP contribution < -0.4 is 9.80 Å². The summed E-state index contributed by atoms with van der Waals surface area (Å²) >= 11 is 1.64. The van der Waals surface area contributed by atoms with E-state index in [1.54, 1.807) is 24.8 Å². The van der Waals surface area contributed by atoms with Crippen LogP contribution in [0.3, 0.4) is 0 Å². The van der Waals surface area contributed by atoms with Gasteiger partial charge in [-0.1, -0.05) is 11.8 Å². The van der Waals surface area contributed by atoms with Crippen LogP contribution in [0.25, 0.3) is 0 Å². The monoisotopic (exact) mass is 248 g/mol. The van der Waals surface area contributed by atoms with Crippen LogP contribution >= 0.6 is 11.8 Å². The first-order chi connectivity index (χ1) is 7.99. The number of benzene rings is 1. The Morgan fingerprint density at radius 2 is 2.12 bits per heavy atom. The Bertz CT molecular complexity index is 494. The van der Waals surface area contributed by atoms with Gasteiger partial charge in [-0.05, 0) is 25.1 Å². The van der Waals surface area contributed by atoms with Gasteiger partial charge in [0.25, 0.3) is 0 Å². The molecule has 1 aliphatic rings. The average molecular weight is 248 g/mol. The Morgan fingerprint density at radius 1 is 1.41 bits per heavy atom. The fourth-order valence-corrected chi connectivity index (χ4v) is 2.85. The van der Waals surface area contributed by atoms with E-state index >= 15 is 0 Å². The van der Waals surface area contributed by atoms with Crippen LogP contribution in [0.4, 0.5) is 11.4 Å². The molecule has 90 valence electrons. The van der Waals surface area contributed by atoms with Crippen molar-refractivity contribution in [3.8, 4) is 0 Å². The highest BCUT2D eigenvalue weighted by Gasteiger charge is 2.22. The van der Waals surface area contributed by atoms with Crippen molar-refractivity contribution in [2.45, 2.75) is 11.8 Å². The van der Waals surface area contributed by atoms with Crippen LogP contribution in [-0.4, -0.2) is 26.9 Å². The SMILES string of the molecule is CC(=O)C=C1Sc2ccc(N(C)C)cc2N1C. The van der Waals surface area contributed by atoms with E-state index in [9.17, 15) is 4.79 Å². The summed E-state index contributed by atoms with van der Waals surface area (Å²) in [4.78, 5) is 16.5. The molecular weight excluding hydrogens is 232 g/mol. The second kappa shape index (κ2) is 4.45. The van der Waals surface area contributed by atoms with Crippen molar-refractivity contribution < 1.29 is 4.79 Å². The molecular formula is C13H16N2OS. The maximum Gasteiger partial charge on any atom is 0.155 e. The topological polar surface area (TPSA) is 23.6 Å². The van der Waals surface area contributed by atoms with Gasteiger partial charge in [0.1, 0.15) is 0 Å². The zero-order chi connectivity index (χ0) is 12.6. The maximum atomic E-state index is 11.1. The second-order valence-electron chi connectivity index (χ2n) is 4.30. The van der Waals surface area contributed by atoms with Gasteiger partial charge in [0.2, 0.25) is 0 Å². The van der Waals surface area contributed by atoms with E-state index < -0.39 is 0 Å². The first kappa shape index (κ1) is 12.0. The molecule has 2 rings (SSSR count). The molecule has 0 atom stereocenters. The minimum Gasteiger partial charge on any atom is -0.378 e. The third-order valence-corrected chi connectivity index (χ3v) is 3.86. The molecule has 0 amide bonds. The summed E-state index contributed by atoms with van der Waals surface area (Å²) < 4.78 is 0. The number of hydrogen-bond donors (Lipinski definition) is 0. The van der Waals surface area contributed by atoms with Crippen molar-refractivity contribution in [3.05, 3.63) is 29.3 Å². The lowest BCUT2D eigenvalue weighted by atomic mass is 10.2. The van der Waals surface area contributed by atoms with E-state index in [2.05, 4.69) is 28.0 Å². The Balaban J connectivity index is 2.39. The molecule has 1 heterocycles. The minimum absolute atomic E-state index is 0.0833. The van der Waals surface area contributed by atoms with E-state index in [-0.39, 0.29) is 5.78 Å². The largest absolute Gasteiger partial charge is 0.378 e. The summed E-state index contributed by atoms with van der Waals surface area (Å²) in [5.41, 5.74) is 2.33. The van der Waals surface area contributed by atoms with Crippen molar-refractivity contribution in [1.29, 1.82) is 0 Å². The predicted molar refractivity (Wildman–Crippen MR) is 73.8 cm³/mol. The molecule has 0 N–H and O–H groups in total. The Hall–Kier alpha value is -1.42. The van der Waals surface area contributed by atoms with Crippen LogP contribution in [0.15, 0.2) is 34.2 Å². The van der Waals surface area contributed by atoms with Crippen LogP contribution in [0.2, 0.25) is 0 Å². The van der Waals surface area contributed by atoms with Crippen molar-refractivity contribution >= 4 is 28.9 Å². The summed E-state index contributed by atoms with van der Waals surface area (Å²) in [5, 5.41) is 0.989. The smallest absolute Gasteiger partial charge is 0.155 e. The molecule has 0 saturated carbocycles. The fraction of sp³-hybridized carbons (Fsp3) is 0.308. The number of allylic oxidation sites excluding steroid dienone is 1. The van der Waals surface area contributed by atoms with Gasteiger partial charge in [0.05, 0.1) is 10.7 Å². The number of hydrogen-bond acceptors (Lipinski definition) is 4. The predicted octanol–water partition coefficient (Wildman–Crippen LogP) is 2.72. The average Bonchev–Trinajstić information content (AvgIpc) is 2.55. The van der Waals surface area contributed by atoms with Gasteiger partial charge in [-0.2, -0.15) is 0 Å². The van der Waals surface area contributed by atoms with Crippen LogP contribution in [-0.2, 0) is 4.79 Å². The molecule has 0 spiro atoms. The van der Waals surface area contributed by atoms with Crippen LogP contribution in [0, 0.1) is 0 Å². The molecule has 1 aliphatic heterocycles. The van der Waals surface area contributed by atoms with Crippen LogP contribution in [0.5, 0.6) is 0 Å². The van der Waals surface area contributed by atoms with Gasteiger partial charge in [-0.15, -0.1) is 0 Å². The fourth-order valence-electron chi connectivity index (χ4n) is 1.73. The number of carbonyl (C=O) groups is 1. The van der Waals surface area contributed by atoms with E-state index in [4.69, 9.17) is 0 Å². The lowest BCUT2D eigenvalue weighted by Crippen LogP contribution is -2.12.